The second-order valence-electron chi connectivity index (χ2n) is 10.4. The predicted molar refractivity (Wildman–Crippen MR) is 147 cm³/mol. The van der Waals surface area contributed by atoms with Gasteiger partial charge in [-0.25, -0.2) is 14.1 Å². The molecule has 1 saturated heterocycles. The zero-order valence-electron chi connectivity index (χ0n) is 23.2. The zero-order valence-corrected chi connectivity index (χ0v) is 24.9. The molecule has 2 N–H and O–H groups in total. The topological polar surface area (TPSA) is 166 Å². The lowest BCUT2D eigenvalue weighted by Gasteiger charge is -2.33. The number of ether oxygens (including phenoxy) is 2. The van der Waals surface area contributed by atoms with Crippen LogP contribution in [0.4, 0.5) is 0 Å². The van der Waals surface area contributed by atoms with Crippen molar-refractivity contribution in [3.8, 4) is 11.8 Å². The quantitative estimate of drug-likeness (QED) is 0.255. The van der Waals surface area contributed by atoms with E-state index < -0.39 is 49.5 Å². The number of rotatable bonds is 10. The Kier molecular flexibility index (Phi) is 8.81. The Bertz CT molecular complexity index is 1510. The number of aliphatic hydroxyl groups is 2. The largest absolute Gasteiger partial charge is 0.463 e. The molecule has 12 nitrogen and oxygen atoms in total. The van der Waals surface area contributed by atoms with E-state index >= 15 is 0 Å². The standard InChI is InChI=1S/C27H32ClN4O8P/c1-16(2)38-25(34)17(3)13-41(36,40-20-8-6-19(28)7-9-20)37-12-22-24(33)26(5,35)27(14-29,39-22)23-11-10-21-18(4)30-15-31-32(21)23/h6-11,15-17,22,24,33,35H,12-13H2,1-5H3/t17-,22-,24-,26-,27+,41?/m1/s1. The molecule has 14 heteroatoms. The minimum Gasteiger partial charge on any atom is -0.463 e. The molecule has 0 spiro atoms. The van der Waals surface area contributed by atoms with Gasteiger partial charge in [0.15, 0.2) is 0 Å². The summed E-state index contributed by atoms with van der Waals surface area (Å²) in [6, 6.07) is 11.3. The second kappa shape index (κ2) is 11.7. The number of hydrogen-bond donors (Lipinski definition) is 2. The monoisotopic (exact) mass is 606 g/mol. The molecule has 6 atom stereocenters. The molecule has 0 saturated carbocycles. The van der Waals surface area contributed by atoms with Crippen molar-refractivity contribution in [2.45, 2.75) is 64.1 Å². The smallest absolute Gasteiger partial charge is 0.380 e. The Balaban J connectivity index is 1.62. The summed E-state index contributed by atoms with van der Waals surface area (Å²) in [6.45, 7) is 7.39. The van der Waals surface area contributed by atoms with Gasteiger partial charge in [-0.15, -0.1) is 0 Å². The third kappa shape index (κ3) is 5.97. The van der Waals surface area contributed by atoms with Gasteiger partial charge in [0, 0.05) is 5.02 Å². The van der Waals surface area contributed by atoms with Crippen LogP contribution < -0.4 is 4.52 Å². The maximum atomic E-state index is 14.0. The van der Waals surface area contributed by atoms with Gasteiger partial charge in [-0.3, -0.25) is 9.32 Å². The number of fused-ring (bicyclic) bond motifs is 1. The van der Waals surface area contributed by atoms with E-state index in [0.29, 0.717) is 16.2 Å². The maximum Gasteiger partial charge on any atom is 0.380 e. The van der Waals surface area contributed by atoms with E-state index in [1.54, 1.807) is 32.9 Å². The average molecular weight is 607 g/mol. The number of carbonyl (C=O) groups excluding carboxylic acids is 1. The fraction of sp³-hybridized carbons (Fsp3) is 0.481. The number of esters is 1. The number of nitrogens with zero attached hydrogens (tertiary/aromatic N) is 4. The molecular weight excluding hydrogens is 575 g/mol. The first-order chi connectivity index (χ1) is 19.2. The normalized spacial score (nSPS) is 26.4. The number of hydrogen-bond acceptors (Lipinski definition) is 11. The Morgan fingerprint density at radius 1 is 1.27 bits per heavy atom. The van der Waals surface area contributed by atoms with Crippen molar-refractivity contribution in [1.29, 1.82) is 5.26 Å². The van der Waals surface area contributed by atoms with Gasteiger partial charge in [0.05, 0.1) is 41.7 Å². The first-order valence-corrected chi connectivity index (χ1v) is 15.0. The van der Waals surface area contributed by atoms with Crippen molar-refractivity contribution < 1.29 is 38.1 Å². The average Bonchev–Trinajstić information content (AvgIpc) is 3.42. The van der Waals surface area contributed by atoms with Gasteiger partial charge in [0.2, 0.25) is 5.60 Å². The molecule has 1 aliphatic rings. The Hall–Kier alpha value is -3.04. The zero-order chi connectivity index (χ0) is 30.2. The van der Waals surface area contributed by atoms with E-state index in [2.05, 4.69) is 10.1 Å². The van der Waals surface area contributed by atoms with Crippen LogP contribution in [-0.4, -0.2) is 67.5 Å². The van der Waals surface area contributed by atoms with Crippen LogP contribution in [0.2, 0.25) is 5.02 Å². The van der Waals surface area contributed by atoms with Gasteiger partial charge in [-0.05, 0) is 64.1 Å². The Labute approximate surface area is 242 Å². The molecule has 2 aromatic heterocycles. The highest BCUT2D eigenvalue weighted by Crippen LogP contribution is 2.52. The highest BCUT2D eigenvalue weighted by atomic mass is 35.5. The Morgan fingerprint density at radius 3 is 2.59 bits per heavy atom. The highest BCUT2D eigenvalue weighted by molar-refractivity contribution is 7.54. The summed E-state index contributed by atoms with van der Waals surface area (Å²) in [4.78, 5) is 16.6. The SMILES string of the molecule is Cc1ncnn2c([C@]3(C#N)O[C@H](COP(=O)(C[C@@H](C)C(=O)OC(C)C)Oc4ccc(Cl)cc4)[C@@H](O)[C@@]3(C)O)ccc12. The lowest BCUT2D eigenvalue weighted by molar-refractivity contribution is -0.151. The number of aliphatic hydroxyl groups excluding tert-OH is 1. The number of carbonyl (C=O) groups is 1. The van der Waals surface area contributed by atoms with Crippen molar-refractivity contribution in [2.75, 3.05) is 12.8 Å². The van der Waals surface area contributed by atoms with Crippen LogP contribution in [-0.2, 0) is 29.0 Å². The molecule has 1 aromatic carbocycles. The number of halogens is 1. The molecule has 0 radical (unpaired) electrons. The first kappa shape index (κ1) is 30.9. The minimum absolute atomic E-state index is 0.165. The molecule has 1 fully saturated rings. The van der Waals surface area contributed by atoms with E-state index in [4.69, 9.17) is 30.1 Å². The van der Waals surface area contributed by atoms with Crippen LogP contribution in [0.1, 0.15) is 39.1 Å². The summed E-state index contributed by atoms with van der Waals surface area (Å²) < 4.78 is 38.2. The second-order valence-corrected chi connectivity index (χ2v) is 12.9. The van der Waals surface area contributed by atoms with Crippen molar-refractivity contribution in [3.63, 3.8) is 0 Å². The molecule has 3 aromatic rings. The first-order valence-electron chi connectivity index (χ1n) is 12.9. The third-order valence-corrected chi connectivity index (χ3v) is 9.16. The number of aromatic nitrogens is 3. The van der Waals surface area contributed by atoms with Crippen LogP contribution >= 0.6 is 19.2 Å². The van der Waals surface area contributed by atoms with Gasteiger partial charge < -0.3 is 24.2 Å². The molecular formula is C27H32ClN4O8P. The molecule has 0 amide bonds. The van der Waals surface area contributed by atoms with Crippen molar-refractivity contribution in [1.82, 2.24) is 14.6 Å². The van der Waals surface area contributed by atoms with Gasteiger partial charge in [-0.1, -0.05) is 18.5 Å². The van der Waals surface area contributed by atoms with Gasteiger partial charge >= 0.3 is 13.6 Å². The molecule has 0 bridgehead atoms. The fourth-order valence-electron chi connectivity index (χ4n) is 4.66. The lowest BCUT2D eigenvalue weighted by Crippen LogP contribution is -2.52. The highest BCUT2D eigenvalue weighted by Gasteiger charge is 2.65. The van der Waals surface area contributed by atoms with Crippen molar-refractivity contribution in [2.24, 2.45) is 5.92 Å². The fourth-order valence-corrected chi connectivity index (χ4v) is 6.66. The Morgan fingerprint density at radius 2 is 1.95 bits per heavy atom. The minimum atomic E-state index is -4.11. The maximum absolute atomic E-state index is 14.0. The molecule has 220 valence electrons. The van der Waals surface area contributed by atoms with E-state index in [1.807, 2.05) is 6.07 Å². The summed E-state index contributed by atoms with van der Waals surface area (Å²) in [7, 11) is -4.11. The van der Waals surface area contributed by atoms with E-state index in [9.17, 15) is 24.8 Å². The summed E-state index contributed by atoms with van der Waals surface area (Å²) in [5.74, 6) is -1.30. The molecule has 41 heavy (non-hydrogen) atoms. The number of nitriles is 1. The predicted octanol–water partition coefficient (Wildman–Crippen LogP) is 3.80. The third-order valence-electron chi connectivity index (χ3n) is 6.88. The number of benzene rings is 1. The van der Waals surface area contributed by atoms with Crippen LogP contribution in [0, 0.1) is 24.2 Å². The lowest BCUT2D eigenvalue weighted by atomic mass is 9.80. The molecule has 1 unspecified atom stereocenters. The van der Waals surface area contributed by atoms with Crippen LogP contribution in [0.5, 0.6) is 5.75 Å². The summed E-state index contributed by atoms with van der Waals surface area (Å²) in [5.41, 5.74) is -2.85. The summed E-state index contributed by atoms with van der Waals surface area (Å²) >= 11 is 5.95. The van der Waals surface area contributed by atoms with Crippen LogP contribution in [0.15, 0.2) is 42.7 Å². The van der Waals surface area contributed by atoms with Crippen LogP contribution in [0.25, 0.3) is 5.52 Å². The molecule has 1 aliphatic heterocycles. The van der Waals surface area contributed by atoms with E-state index in [0.717, 1.165) is 0 Å². The molecule has 3 heterocycles. The van der Waals surface area contributed by atoms with E-state index in [1.165, 1.54) is 49.0 Å². The summed E-state index contributed by atoms with van der Waals surface area (Å²) in [5, 5.41) is 37.5. The summed E-state index contributed by atoms with van der Waals surface area (Å²) in [6.07, 6.45) is -2.41. The molecule has 0 aliphatic carbocycles. The van der Waals surface area contributed by atoms with Gasteiger partial charge in [-0.2, -0.15) is 10.4 Å². The van der Waals surface area contributed by atoms with E-state index in [-0.39, 0.29) is 23.7 Å². The van der Waals surface area contributed by atoms with Gasteiger partial charge in [0.1, 0.15) is 36.0 Å². The van der Waals surface area contributed by atoms with Crippen LogP contribution in [0.3, 0.4) is 0 Å². The number of aryl methyl sites for hydroxylation is 1. The van der Waals surface area contributed by atoms with Crippen molar-refractivity contribution in [3.05, 3.63) is 59.1 Å². The van der Waals surface area contributed by atoms with Crippen molar-refractivity contribution >= 4 is 30.7 Å². The molecule has 4 rings (SSSR count). The van der Waals surface area contributed by atoms with Gasteiger partial charge in [0.25, 0.3) is 0 Å².